The number of benzene rings is 2. The van der Waals surface area contributed by atoms with Gasteiger partial charge in [0.25, 0.3) is 0 Å². The Labute approximate surface area is 174 Å². The van der Waals surface area contributed by atoms with E-state index in [1.807, 2.05) is 0 Å². The summed E-state index contributed by atoms with van der Waals surface area (Å²) in [5.74, 6) is -0.347. The van der Waals surface area contributed by atoms with Crippen LogP contribution in [0.3, 0.4) is 0 Å². The third-order valence-corrected chi connectivity index (χ3v) is 4.81. The third kappa shape index (κ3) is 4.53. The minimum atomic E-state index is -0.532. The van der Waals surface area contributed by atoms with E-state index in [1.165, 1.54) is 12.0 Å². The van der Waals surface area contributed by atoms with Gasteiger partial charge in [0.2, 0.25) is 11.8 Å². The van der Waals surface area contributed by atoms with Crippen LogP contribution in [0.25, 0.3) is 0 Å². The van der Waals surface area contributed by atoms with Gasteiger partial charge in [-0.05, 0) is 37.3 Å². The maximum absolute atomic E-state index is 12.7. The molecule has 1 aliphatic heterocycles. The van der Waals surface area contributed by atoms with Crippen molar-refractivity contribution in [3.8, 4) is 11.5 Å². The van der Waals surface area contributed by atoms with Gasteiger partial charge in [0.15, 0.2) is 0 Å². The lowest BCUT2D eigenvalue weighted by molar-refractivity contribution is -0.122. The van der Waals surface area contributed by atoms with Crippen molar-refractivity contribution >= 4 is 29.2 Å². The van der Waals surface area contributed by atoms with Gasteiger partial charge in [0, 0.05) is 24.7 Å². The number of rotatable bonds is 7. The van der Waals surface area contributed by atoms with Crippen LogP contribution in [0.2, 0.25) is 0 Å². The zero-order valence-electron chi connectivity index (χ0n) is 17.1. The molecule has 3 rings (SSSR count). The molecule has 0 bridgehead atoms. The van der Waals surface area contributed by atoms with Gasteiger partial charge >= 0.3 is 5.97 Å². The molecule has 2 aromatic carbocycles. The Bertz CT molecular complexity index is 958. The van der Waals surface area contributed by atoms with Gasteiger partial charge in [-0.3, -0.25) is 9.59 Å². The summed E-state index contributed by atoms with van der Waals surface area (Å²) in [7, 11) is 3.06. The normalized spacial score (nSPS) is 15.6. The van der Waals surface area contributed by atoms with Crippen LogP contribution in [0.5, 0.6) is 11.5 Å². The van der Waals surface area contributed by atoms with Gasteiger partial charge in [-0.25, -0.2) is 4.79 Å². The summed E-state index contributed by atoms with van der Waals surface area (Å²) in [6.07, 6.45) is 0.0819. The van der Waals surface area contributed by atoms with E-state index in [2.05, 4.69) is 5.32 Å². The SMILES string of the molecule is CCOC(=O)c1cccc(NC(=O)[C@H]2CC(=O)N(c3ccc(OC)cc3OC)C2)c1. The van der Waals surface area contributed by atoms with E-state index in [9.17, 15) is 14.4 Å². The molecule has 2 amide bonds. The Morgan fingerprint density at radius 2 is 1.93 bits per heavy atom. The Kier molecular flexibility index (Phi) is 6.56. The number of hydrogen-bond donors (Lipinski definition) is 1. The summed E-state index contributed by atoms with van der Waals surface area (Å²) in [6.45, 7) is 2.22. The summed E-state index contributed by atoms with van der Waals surface area (Å²) < 4.78 is 15.5. The van der Waals surface area contributed by atoms with Crippen molar-refractivity contribution in [3.05, 3.63) is 48.0 Å². The number of hydrogen-bond acceptors (Lipinski definition) is 6. The van der Waals surface area contributed by atoms with Gasteiger partial charge < -0.3 is 24.4 Å². The molecule has 0 aromatic heterocycles. The zero-order valence-corrected chi connectivity index (χ0v) is 17.1. The van der Waals surface area contributed by atoms with Crippen LogP contribution in [0, 0.1) is 5.92 Å². The lowest BCUT2D eigenvalue weighted by Crippen LogP contribution is -2.28. The van der Waals surface area contributed by atoms with E-state index in [0.717, 1.165) is 0 Å². The highest BCUT2D eigenvalue weighted by Gasteiger charge is 2.36. The summed E-state index contributed by atoms with van der Waals surface area (Å²) in [5, 5.41) is 2.78. The first-order valence-corrected chi connectivity index (χ1v) is 9.57. The fourth-order valence-electron chi connectivity index (χ4n) is 3.31. The van der Waals surface area contributed by atoms with Crippen LogP contribution in [0.4, 0.5) is 11.4 Å². The molecule has 30 heavy (non-hydrogen) atoms. The molecule has 1 N–H and O–H groups in total. The van der Waals surface area contributed by atoms with E-state index in [-0.39, 0.29) is 31.4 Å². The molecule has 0 unspecified atom stereocenters. The molecular formula is C22H24N2O6. The molecule has 1 atom stereocenters. The zero-order chi connectivity index (χ0) is 21.7. The van der Waals surface area contributed by atoms with Crippen LogP contribution < -0.4 is 19.7 Å². The van der Waals surface area contributed by atoms with Crippen molar-refractivity contribution in [1.29, 1.82) is 0 Å². The average molecular weight is 412 g/mol. The topological polar surface area (TPSA) is 94.2 Å². The van der Waals surface area contributed by atoms with E-state index >= 15 is 0 Å². The molecule has 2 aromatic rings. The van der Waals surface area contributed by atoms with Crippen LogP contribution in [0.1, 0.15) is 23.7 Å². The predicted octanol–water partition coefficient (Wildman–Crippen LogP) is 2.87. The molecule has 0 spiro atoms. The number of amides is 2. The first-order chi connectivity index (χ1) is 14.5. The van der Waals surface area contributed by atoms with Crippen molar-refractivity contribution in [2.24, 2.45) is 5.92 Å². The van der Waals surface area contributed by atoms with E-state index < -0.39 is 11.9 Å². The number of nitrogens with zero attached hydrogens (tertiary/aromatic N) is 1. The summed E-state index contributed by atoms with van der Waals surface area (Å²) in [4.78, 5) is 38.7. The lowest BCUT2D eigenvalue weighted by atomic mass is 10.1. The minimum Gasteiger partial charge on any atom is -0.497 e. The smallest absolute Gasteiger partial charge is 0.338 e. The summed E-state index contributed by atoms with van der Waals surface area (Å²) >= 11 is 0. The molecule has 1 heterocycles. The standard InChI is InChI=1S/C22H24N2O6/c1-4-30-22(27)14-6-5-7-16(10-14)23-21(26)15-11-20(25)24(13-15)18-9-8-17(28-2)12-19(18)29-3/h5-10,12,15H,4,11,13H2,1-3H3,(H,23,26)/t15-/m0/s1. The van der Waals surface area contributed by atoms with Crippen LogP contribution in [0.15, 0.2) is 42.5 Å². The molecule has 1 saturated heterocycles. The van der Waals surface area contributed by atoms with Gasteiger partial charge in [-0.2, -0.15) is 0 Å². The van der Waals surface area contributed by atoms with Crippen LogP contribution in [-0.2, 0) is 14.3 Å². The van der Waals surface area contributed by atoms with Gasteiger partial charge in [-0.15, -0.1) is 0 Å². The molecule has 8 nitrogen and oxygen atoms in total. The number of nitrogens with one attached hydrogen (secondary N) is 1. The van der Waals surface area contributed by atoms with Gasteiger partial charge in [0.1, 0.15) is 11.5 Å². The van der Waals surface area contributed by atoms with E-state index in [0.29, 0.717) is 28.4 Å². The van der Waals surface area contributed by atoms with Crippen molar-refractivity contribution in [3.63, 3.8) is 0 Å². The average Bonchev–Trinajstić information content (AvgIpc) is 3.15. The van der Waals surface area contributed by atoms with Crippen molar-refractivity contribution in [1.82, 2.24) is 0 Å². The van der Waals surface area contributed by atoms with Crippen LogP contribution in [-0.4, -0.2) is 45.2 Å². The number of carbonyl (C=O) groups is 3. The second-order valence-corrected chi connectivity index (χ2v) is 6.73. The Balaban J connectivity index is 1.72. The number of carbonyl (C=O) groups excluding carboxylic acids is 3. The predicted molar refractivity (Wildman–Crippen MR) is 111 cm³/mol. The molecule has 158 valence electrons. The largest absolute Gasteiger partial charge is 0.497 e. The highest BCUT2D eigenvalue weighted by Crippen LogP contribution is 2.36. The number of anilines is 2. The number of methoxy groups -OCH3 is 2. The monoisotopic (exact) mass is 412 g/mol. The fraction of sp³-hybridized carbons (Fsp3) is 0.318. The lowest BCUT2D eigenvalue weighted by Gasteiger charge is -2.20. The van der Waals surface area contributed by atoms with E-state index in [4.69, 9.17) is 14.2 Å². The first kappa shape index (κ1) is 21.2. The Hall–Kier alpha value is -3.55. The highest BCUT2D eigenvalue weighted by atomic mass is 16.5. The van der Waals surface area contributed by atoms with Crippen LogP contribution >= 0.6 is 0 Å². The van der Waals surface area contributed by atoms with Gasteiger partial charge in [0.05, 0.1) is 38.0 Å². The quantitative estimate of drug-likeness (QED) is 0.703. The molecule has 0 saturated carbocycles. The van der Waals surface area contributed by atoms with Crippen molar-refractivity contribution in [2.45, 2.75) is 13.3 Å². The minimum absolute atomic E-state index is 0.0819. The molecule has 8 heteroatoms. The molecule has 0 radical (unpaired) electrons. The highest BCUT2D eigenvalue weighted by molar-refractivity contribution is 6.04. The maximum Gasteiger partial charge on any atom is 0.338 e. The van der Waals surface area contributed by atoms with Crippen molar-refractivity contribution < 1.29 is 28.6 Å². The Morgan fingerprint density at radius 3 is 2.63 bits per heavy atom. The second-order valence-electron chi connectivity index (χ2n) is 6.73. The second kappa shape index (κ2) is 9.30. The first-order valence-electron chi connectivity index (χ1n) is 9.57. The molecular weight excluding hydrogens is 388 g/mol. The number of esters is 1. The van der Waals surface area contributed by atoms with Crippen molar-refractivity contribution in [2.75, 3.05) is 37.6 Å². The van der Waals surface area contributed by atoms with E-state index in [1.54, 1.807) is 56.5 Å². The fourth-order valence-corrected chi connectivity index (χ4v) is 3.31. The molecule has 1 aliphatic rings. The number of ether oxygens (including phenoxy) is 3. The maximum atomic E-state index is 12.7. The summed E-state index contributed by atoms with van der Waals surface area (Å²) in [6, 6.07) is 11.7. The Morgan fingerprint density at radius 1 is 1.13 bits per heavy atom. The summed E-state index contributed by atoms with van der Waals surface area (Å²) in [5.41, 5.74) is 1.41. The van der Waals surface area contributed by atoms with Gasteiger partial charge in [-0.1, -0.05) is 6.07 Å². The molecule has 0 aliphatic carbocycles. The molecule has 1 fully saturated rings. The third-order valence-electron chi connectivity index (χ3n) is 4.81.